The van der Waals surface area contributed by atoms with Crippen molar-refractivity contribution in [2.45, 2.75) is 71.5 Å². The van der Waals surface area contributed by atoms with Gasteiger partial charge in [-0.15, -0.1) is 0 Å². The van der Waals surface area contributed by atoms with E-state index in [0.29, 0.717) is 29.2 Å². The van der Waals surface area contributed by atoms with Gasteiger partial charge < -0.3 is 19.9 Å². The van der Waals surface area contributed by atoms with E-state index in [9.17, 15) is 9.59 Å². The first-order valence-electron chi connectivity index (χ1n) is 11.8. The van der Waals surface area contributed by atoms with E-state index < -0.39 is 13.0 Å². The van der Waals surface area contributed by atoms with Gasteiger partial charge in [0, 0.05) is 5.02 Å². The number of rotatable bonds is 7. The Kier molecular flexibility index (Phi) is 6.82. The maximum absolute atomic E-state index is 12.8. The number of carbonyl (C=O) groups excluding carboxylic acids is 2. The van der Waals surface area contributed by atoms with E-state index in [1.54, 1.807) is 12.1 Å². The van der Waals surface area contributed by atoms with Gasteiger partial charge in [-0.05, 0) is 67.6 Å². The fraction of sp³-hybridized carbons (Fsp3) is 0.667. The molecule has 3 aliphatic carbocycles. The lowest BCUT2D eigenvalue weighted by atomic mass is 9.43. The molecule has 9 heteroatoms. The van der Waals surface area contributed by atoms with Gasteiger partial charge in [-0.1, -0.05) is 50.9 Å². The second-order valence-electron chi connectivity index (χ2n) is 10.9. The molecular weight excluding hydrogens is 462 g/mol. The lowest BCUT2D eigenvalue weighted by molar-refractivity contribution is -0.199. The van der Waals surface area contributed by atoms with E-state index in [1.165, 1.54) is 12.5 Å². The molecule has 0 radical (unpaired) electrons. The highest BCUT2D eigenvalue weighted by Crippen LogP contribution is 2.65. The van der Waals surface area contributed by atoms with Gasteiger partial charge in [0.05, 0.1) is 34.8 Å². The Morgan fingerprint density at radius 1 is 1.21 bits per heavy atom. The van der Waals surface area contributed by atoms with Gasteiger partial charge >= 0.3 is 7.12 Å². The van der Waals surface area contributed by atoms with Gasteiger partial charge in [0.25, 0.3) is 5.91 Å². The highest BCUT2D eigenvalue weighted by molar-refractivity contribution is 6.48. The molecule has 33 heavy (non-hydrogen) atoms. The minimum atomic E-state index is -0.500. The van der Waals surface area contributed by atoms with E-state index in [4.69, 9.17) is 32.5 Å². The molecule has 3 saturated carbocycles. The number of hydrogen-bond acceptors (Lipinski definition) is 4. The standard InChI is InChI=1S/C24H33BCl2N2O4/c1-13(2)8-20(25-32-19-10-14-9-18(23(14,3)4)24(19,5)33-25)29-21(30)12-28-22(31)16-11-15(26)6-7-17(16)27/h6-7,11,13-14,18-20H,8-10,12H2,1-5H3,(H,28,31)(H,29,30)/t14?,18?,19-,20+,24+/m1/s1. The van der Waals surface area contributed by atoms with Crippen LogP contribution in [-0.2, 0) is 14.1 Å². The van der Waals surface area contributed by atoms with Crippen LogP contribution in [0.3, 0.4) is 0 Å². The largest absolute Gasteiger partial charge is 0.481 e. The van der Waals surface area contributed by atoms with Crippen molar-refractivity contribution in [2.75, 3.05) is 6.54 Å². The molecule has 2 unspecified atom stereocenters. The monoisotopic (exact) mass is 494 g/mol. The van der Waals surface area contributed by atoms with Crippen LogP contribution < -0.4 is 10.6 Å². The molecule has 2 amide bonds. The normalized spacial score (nSPS) is 30.4. The SMILES string of the molecule is CC(C)C[C@H](NC(=O)CNC(=O)c1cc(Cl)ccc1Cl)B1O[C@@H]2CC3CC(C3(C)C)[C@]2(C)O1. The minimum Gasteiger partial charge on any atom is -0.404 e. The molecule has 1 aliphatic heterocycles. The van der Waals surface area contributed by atoms with Crippen LogP contribution in [-0.4, -0.2) is 43.1 Å². The quantitative estimate of drug-likeness (QED) is 0.546. The third kappa shape index (κ3) is 4.66. The molecule has 1 aromatic carbocycles. The minimum absolute atomic E-state index is 0.0514. The number of benzene rings is 1. The Balaban J connectivity index is 1.39. The average molecular weight is 495 g/mol. The first-order chi connectivity index (χ1) is 15.4. The summed E-state index contributed by atoms with van der Waals surface area (Å²) in [7, 11) is -0.500. The average Bonchev–Trinajstić information content (AvgIpc) is 3.10. The molecule has 4 aliphatic rings. The van der Waals surface area contributed by atoms with Gasteiger partial charge in [0.2, 0.25) is 5.91 Å². The van der Waals surface area contributed by atoms with E-state index >= 15 is 0 Å². The summed E-state index contributed by atoms with van der Waals surface area (Å²) in [6.07, 6.45) is 2.94. The maximum atomic E-state index is 12.8. The molecule has 5 atom stereocenters. The Bertz CT molecular complexity index is 943. The lowest BCUT2D eigenvalue weighted by Crippen LogP contribution is -2.65. The molecule has 0 aromatic heterocycles. The second-order valence-corrected chi connectivity index (χ2v) is 11.8. The zero-order valence-electron chi connectivity index (χ0n) is 19.9. The van der Waals surface area contributed by atoms with Crippen molar-refractivity contribution in [2.24, 2.45) is 23.2 Å². The van der Waals surface area contributed by atoms with Gasteiger partial charge in [-0.3, -0.25) is 9.59 Å². The Labute approximate surface area is 206 Å². The van der Waals surface area contributed by atoms with E-state index in [-0.39, 0.29) is 46.1 Å². The predicted octanol–water partition coefficient (Wildman–Crippen LogP) is 4.52. The molecule has 180 valence electrons. The Morgan fingerprint density at radius 2 is 1.94 bits per heavy atom. The number of nitrogens with one attached hydrogen (secondary N) is 2. The van der Waals surface area contributed by atoms with E-state index in [1.807, 2.05) is 0 Å². The van der Waals surface area contributed by atoms with Crippen molar-refractivity contribution >= 4 is 42.1 Å². The molecule has 1 aromatic rings. The van der Waals surface area contributed by atoms with E-state index in [2.05, 4.69) is 45.3 Å². The van der Waals surface area contributed by atoms with Crippen LogP contribution in [0.15, 0.2) is 18.2 Å². The zero-order chi connectivity index (χ0) is 24.1. The summed E-state index contributed by atoms with van der Waals surface area (Å²) in [5, 5.41) is 6.34. The number of amides is 2. The summed E-state index contributed by atoms with van der Waals surface area (Å²) in [5.74, 6) is 0.399. The van der Waals surface area contributed by atoms with Crippen molar-refractivity contribution in [3.8, 4) is 0 Å². The number of hydrogen-bond donors (Lipinski definition) is 2. The molecule has 6 nitrogen and oxygen atoms in total. The molecule has 1 heterocycles. The highest BCUT2D eigenvalue weighted by atomic mass is 35.5. The molecule has 2 N–H and O–H groups in total. The van der Waals surface area contributed by atoms with Gasteiger partial charge in [0.1, 0.15) is 0 Å². The number of halogens is 2. The fourth-order valence-corrected chi connectivity index (χ4v) is 6.38. The van der Waals surface area contributed by atoms with Crippen molar-refractivity contribution < 1.29 is 18.9 Å². The van der Waals surface area contributed by atoms with Crippen molar-refractivity contribution in [1.82, 2.24) is 10.6 Å². The summed E-state index contributed by atoms with van der Waals surface area (Å²) in [4.78, 5) is 25.2. The fourth-order valence-electron chi connectivity index (χ4n) is 6.00. The van der Waals surface area contributed by atoms with Crippen LogP contribution in [0.5, 0.6) is 0 Å². The molecule has 2 bridgehead atoms. The van der Waals surface area contributed by atoms with Crippen LogP contribution in [0.4, 0.5) is 0 Å². The molecular formula is C24H33BCl2N2O4. The van der Waals surface area contributed by atoms with Gasteiger partial charge in [0.15, 0.2) is 0 Å². The smallest absolute Gasteiger partial charge is 0.404 e. The van der Waals surface area contributed by atoms with Crippen LogP contribution in [0.1, 0.15) is 64.2 Å². The Morgan fingerprint density at radius 3 is 2.61 bits per heavy atom. The van der Waals surface area contributed by atoms with Crippen LogP contribution in [0.2, 0.25) is 10.0 Å². The topological polar surface area (TPSA) is 76.7 Å². The van der Waals surface area contributed by atoms with E-state index in [0.717, 1.165) is 6.42 Å². The Hall–Kier alpha value is -1.28. The zero-order valence-corrected chi connectivity index (χ0v) is 21.4. The predicted molar refractivity (Wildman–Crippen MR) is 130 cm³/mol. The molecule has 4 fully saturated rings. The maximum Gasteiger partial charge on any atom is 0.481 e. The first-order valence-corrected chi connectivity index (χ1v) is 12.5. The summed E-state index contributed by atoms with van der Waals surface area (Å²) >= 11 is 12.1. The summed E-state index contributed by atoms with van der Waals surface area (Å²) in [5.41, 5.74) is 0.156. The molecule has 1 saturated heterocycles. The van der Waals surface area contributed by atoms with Crippen LogP contribution in [0, 0.1) is 23.2 Å². The first kappa shape index (κ1) is 24.8. The van der Waals surface area contributed by atoms with Crippen molar-refractivity contribution in [1.29, 1.82) is 0 Å². The van der Waals surface area contributed by atoms with Crippen molar-refractivity contribution in [3.05, 3.63) is 33.8 Å². The highest BCUT2D eigenvalue weighted by Gasteiger charge is 2.68. The molecule has 0 spiro atoms. The number of carbonyl (C=O) groups is 2. The molecule has 5 rings (SSSR count). The third-order valence-electron chi connectivity index (χ3n) is 7.95. The summed E-state index contributed by atoms with van der Waals surface area (Å²) < 4.78 is 13.0. The third-order valence-corrected chi connectivity index (χ3v) is 8.52. The lowest BCUT2D eigenvalue weighted by Gasteiger charge is -2.64. The van der Waals surface area contributed by atoms with Gasteiger partial charge in [-0.25, -0.2) is 0 Å². The summed E-state index contributed by atoms with van der Waals surface area (Å²) in [6.45, 7) is 10.8. The second kappa shape index (κ2) is 9.06. The van der Waals surface area contributed by atoms with Crippen LogP contribution in [0.25, 0.3) is 0 Å². The summed E-state index contributed by atoms with van der Waals surface area (Å²) in [6, 6.07) is 4.64. The van der Waals surface area contributed by atoms with Gasteiger partial charge in [-0.2, -0.15) is 0 Å². The van der Waals surface area contributed by atoms with Crippen LogP contribution >= 0.6 is 23.2 Å². The van der Waals surface area contributed by atoms with Crippen molar-refractivity contribution in [3.63, 3.8) is 0 Å².